The maximum atomic E-state index is 13.2. The minimum absolute atomic E-state index is 0.155. The van der Waals surface area contributed by atoms with Crippen LogP contribution in [0.25, 0.3) is 5.57 Å². The molecule has 0 unspecified atom stereocenters. The quantitative estimate of drug-likeness (QED) is 0.590. The van der Waals surface area contributed by atoms with Crippen molar-refractivity contribution < 1.29 is 24.5 Å². The van der Waals surface area contributed by atoms with Crippen molar-refractivity contribution in [3.63, 3.8) is 0 Å². The number of ether oxygens (including phenoxy) is 1. The monoisotopic (exact) mass is 429 g/mol. The van der Waals surface area contributed by atoms with Gasteiger partial charge in [0.15, 0.2) is 5.76 Å². The number of benzene rings is 3. The summed E-state index contributed by atoms with van der Waals surface area (Å²) in [5.74, 6) is -1.13. The highest BCUT2D eigenvalue weighted by atomic mass is 16.5. The van der Waals surface area contributed by atoms with Crippen LogP contribution >= 0.6 is 0 Å². The summed E-state index contributed by atoms with van der Waals surface area (Å²) in [6, 6.07) is 20.8. The van der Waals surface area contributed by atoms with Gasteiger partial charge in [0.1, 0.15) is 5.75 Å². The summed E-state index contributed by atoms with van der Waals surface area (Å²) in [4.78, 5) is 26.1. The molecule has 0 aromatic heterocycles. The Balaban J connectivity index is 1.80. The van der Waals surface area contributed by atoms with Crippen molar-refractivity contribution in [3.8, 4) is 5.75 Å². The number of methoxy groups -OCH3 is 1. The van der Waals surface area contributed by atoms with Gasteiger partial charge in [-0.05, 0) is 47.9 Å². The van der Waals surface area contributed by atoms with Gasteiger partial charge in [-0.3, -0.25) is 4.79 Å². The molecule has 6 heteroatoms. The molecule has 3 aromatic rings. The molecule has 162 valence electrons. The molecule has 0 saturated carbocycles. The number of carbonyl (C=O) groups excluding carboxylic acids is 1. The second-order valence-corrected chi connectivity index (χ2v) is 7.74. The summed E-state index contributed by atoms with van der Waals surface area (Å²) < 4.78 is 5.30. The Kier molecular flexibility index (Phi) is 5.69. The number of aliphatic hydroxyl groups excluding tert-OH is 1. The van der Waals surface area contributed by atoms with E-state index >= 15 is 0 Å². The number of carboxylic acids is 1. The maximum absolute atomic E-state index is 13.2. The van der Waals surface area contributed by atoms with E-state index in [1.165, 1.54) is 12.1 Å². The van der Waals surface area contributed by atoms with Crippen LogP contribution in [0.3, 0.4) is 0 Å². The first-order chi connectivity index (χ1) is 15.4. The molecule has 1 amide bonds. The SMILES string of the molecule is COc1cccc(CN2C(=O)C(O)=C(c3ccc(C)cc3)[C@H]2c2ccc(C(=O)O)cc2)c1. The van der Waals surface area contributed by atoms with Crippen LogP contribution in [0.4, 0.5) is 0 Å². The van der Waals surface area contributed by atoms with E-state index in [-0.39, 0.29) is 17.9 Å². The summed E-state index contributed by atoms with van der Waals surface area (Å²) in [6.45, 7) is 2.22. The van der Waals surface area contributed by atoms with Crippen molar-refractivity contribution in [1.29, 1.82) is 0 Å². The predicted molar refractivity (Wildman–Crippen MR) is 120 cm³/mol. The van der Waals surface area contributed by atoms with E-state index in [9.17, 15) is 19.8 Å². The standard InChI is InChI=1S/C26H23NO5/c1-16-6-8-18(9-7-16)22-23(19-10-12-20(13-11-19)26(30)31)27(25(29)24(22)28)15-17-4-3-5-21(14-17)32-2/h3-14,23,28H,15H2,1-2H3,(H,30,31)/t23-/m1/s1. The van der Waals surface area contributed by atoms with E-state index in [2.05, 4.69) is 0 Å². The number of aliphatic hydroxyl groups is 1. The highest BCUT2D eigenvalue weighted by Crippen LogP contribution is 2.44. The van der Waals surface area contributed by atoms with E-state index in [0.29, 0.717) is 16.9 Å². The number of hydrogen-bond donors (Lipinski definition) is 2. The third-order valence-corrected chi connectivity index (χ3v) is 5.63. The Hall–Kier alpha value is -4.06. The van der Waals surface area contributed by atoms with Crippen LogP contribution in [0.15, 0.2) is 78.6 Å². The first-order valence-corrected chi connectivity index (χ1v) is 10.2. The van der Waals surface area contributed by atoms with E-state index in [4.69, 9.17) is 4.74 Å². The van der Waals surface area contributed by atoms with Crippen LogP contribution in [0.5, 0.6) is 5.75 Å². The van der Waals surface area contributed by atoms with Gasteiger partial charge in [-0.1, -0.05) is 54.1 Å². The second kappa shape index (κ2) is 8.59. The number of aromatic carboxylic acids is 1. The minimum atomic E-state index is -1.02. The number of nitrogens with zero attached hydrogens (tertiary/aromatic N) is 1. The fourth-order valence-corrected chi connectivity index (χ4v) is 3.97. The molecule has 1 atom stereocenters. The second-order valence-electron chi connectivity index (χ2n) is 7.74. The lowest BCUT2D eigenvalue weighted by Gasteiger charge is -2.28. The third-order valence-electron chi connectivity index (χ3n) is 5.63. The average molecular weight is 429 g/mol. The molecule has 0 spiro atoms. The zero-order valence-corrected chi connectivity index (χ0v) is 17.8. The molecule has 1 aliphatic rings. The lowest BCUT2D eigenvalue weighted by atomic mass is 9.92. The molecular formula is C26H23NO5. The molecule has 4 rings (SSSR count). The van der Waals surface area contributed by atoms with Crippen LogP contribution in [-0.4, -0.2) is 34.1 Å². The third kappa shape index (κ3) is 3.95. The topological polar surface area (TPSA) is 87.1 Å². The van der Waals surface area contributed by atoms with Crippen LogP contribution in [0, 0.1) is 6.92 Å². The van der Waals surface area contributed by atoms with E-state index in [0.717, 1.165) is 16.7 Å². The van der Waals surface area contributed by atoms with Crippen molar-refractivity contribution in [2.45, 2.75) is 19.5 Å². The van der Waals surface area contributed by atoms with Gasteiger partial charge >= 0.3 is 5.97 Å². The Bertz CT molecular complexity index is 1200. The summed E-state index contributed by atoms with van der Waals surface area (Å²) in [5, 5.41) is 20.1. The van der Waals surface area contributed by atoms with Gasteiger partial charge in [0, 0.05) is 12.1 Å². The number of rotatable bonds is 6. The highest BCUT2D eigenvalue weighted by Gasteiger charge is 2.41. The van der Waals surface area contributed by atoms with E-state index in [1.807, 2.05) is 55.5 Å². The Morgan fingerprint density at radius 3 is 2.34 bits per heavy atom. The summed E-state index contributed by atoms with van der Waals surface area (Å²) >= 11 is 0. The lowest BCUT2D eigenvalue weighted by molar-refractivity contribution is -0.130. The average Bonchev–Trinajstić information content (AvgIpc) is 3.05. The molecule has 2 N–H and O–H groups in total. The molecule has 1 heterocycles. The van der Waals surface area contributed by atoms with Gasteiger partial charge in [-0.15, -0.1) is 0 Å². The number of hydrogen-bond acceptors (Lipinski definition) is 4. The molecular weight excluding hydrogens is 406 g/mol. The van der Waals surface area contributed by atoms with Gasteiger partial charge in [-0.25, -0.2) is 4.79 Å². The first-order valence-electron chi connectivity index (χ1n) is 10.2. The molecule has 0 saturated heterocycles. The summed E-state index contributed by atoms with van der Waals surface area (Å²) in [6.07, 6.45) is 0. The van der Waals surface area contributed by atoms with Crippen molar-refractivity contribution in [1.82, 2.24) is 4.90 Å². The van der Waals surface area contributed by atoms with Crippen LogP contribution in [0.1, 0.15) is 38.7 Å². The van der Waals surface area contributed by atoms with Crippen molar-refractivity contribution in [2.24, 2.45) is 0 Å². The maximum Gasteiger partial charge on any atom is 0.335 e. The zero-order valence-electron chi connectivity index (χ0n) is 17.8. The molecule has 3 aromatic carbocycles. The normalized spacial score (nSPS) is 15.9. The molecule has 32 heavy (non-hydrogen) atoms. The molecule has 0 aliphatic carbocycles. The smallest absolute Gasteiger partial charge is 0.335 e. The summed E-state index contributed by atoms with van der Waals surface area (Å²) in [7, 11) is 1.58. The van der Waals surface area contributed by atoms with Gasteiger partial charge in [-0.2, -0.15) is 0 Å². The molecule has 1 aliphatic heterocycles. The Labute approximate surface area is 186 Å². The first kappa shape index (κ1) is 21.2. The fourth-order valence-electron chi connectivity index (χ4n) is 3.97. The largest absolute Gasteiger partial charge is 0.503 e. The van der Waals surface area contributed by atoms with E-state index < -0.39 is 17.9 Å². The van der Waals surface area contributed by atoms with Crippen LogP contribution < -0.4 is 4.74 Å². The number of amides is 1. The zero-order chi connectivity index (χ0) is 22.8. The Morgan fingerprint density at radius 2 is 1.72 bits per heavy atom. The van der Waals surface area contributed by atoms with Crippen molar-refractivity contribution >= 4 is 17.4 Å². The Morgan fingerprint density at radius 1 is 1.03 bits per heavy atom. The lowest BCUT2D eigenvalue weighted by Crippen LogP contribution is -2.29. The highest BCUT2D eigenvalue weighted by molar-refractivity contribution is 6.05. The molecule has 0 bridgehead atoms. The number of aryl methyl sites for hydroxylation is 1. The minimum Gasteiger partial charge on any atom is -0.503 e. The van der Waals surface area contributed by atoms with Crippen molar-refractivity contribution in [3.05, 3.63) is 106 Å². The van der Waals surface area contributed by atoms with Gasteiger partial charge in [0.05, 0.1) is 18.7 Å². The molecule has 6 nitrogen and oxygen atoms in total. The fraction of sp³-hybridized carbons (Fsp3) is 0.154. The number of carbonyl (C=O) groups is 2. The molecule has 0 fully saturated rings. The van der Waals surface area contributed by atoms with E-state index in [1.54, 1.807) is 24.1 Å². The number of carboxylic acid groups (broad SMARTS) is 1. The summed E-state index contributed by atoms with van der Waals surface area (Å²) in [5.41, 5.74) is 4.02. The predicted octanol–water partition coefficient (Wildman–Crippen LogP) is 4.75. The van der Waals surface area contributed by atoms with Crippen LogP contribution in [0.2, 0.25) is 0 Å². The molecule has 0 radical (unpaired) electrons. The van der Waals surface area contributed by atoms with Gasteiger partial charge in [0.2, 0.25) is 0 Å². The van der Waals surface area contributed by atoms with Gasteiger partial charge < -0.3 is 19.8 Å². The van der Waals surface area contributed by atoms with Gasteiger partial charge in [0.25, 0.3) is 5.91 Å². The van der Waals surface area contributed by atoms with Crippen LogP contribution in [-0.2, 0) is 11.3 Å². The van der Waals surface area contributed by atoms with Crippen molar-refractivity contribution in [2.75, 3.05) is 7.11 Å².